The fourth-order valence-electron chi connectivity index (χ4n) is 5.23. The lowest BCUT2D eigenvalue weighted by atomic mass is 9.93. The van der Waals surface area contributed by atoms with Crippen LogP contribution in [-0.4, -0.2) is 40.1 Å². The molecule has 0 radical (unpaired) electrons. The molecule has 1 aliphatic heterocycles. The number of aryl methyl sites for hydroxylation is 3. The second kappa shape index (κ2) is 7.14. The third-order valence-corrected chi connectivity index (χ3v) is 7.63. The van der Waals surface area contributed by atoms with Gasteiger partial charge in [0.1, 0.15) is 5.75 Å². The van der Waals surface area contributed by atoms with Gasteiger partial charge in [0.2, 0.25) is 0 Å². The molecule has 0 saturated carbocycles. The average Bonchev–Trinajstić information content (AvgIpc) is 3.36. The number of nitrogens with one attached hydrogen (secondary N) is 3. The zero-order valence-electron chi connectivity index (χ0n) is 19.3. The summed E-state index contributed by atoms with van der Waals surface area (Å²) in [6.07, 6.45) is 4.24. The van der Waals surface area contributed by atoms with E-state index in [-0.39, 0.29) is 6.04 Å². The van der Waals surface area contributed by atoms with Gasteiger partial charge in [-0.2, -0.15) is 0 Å². The minimum absolute atomic E-state index is 0.164. The number of phenols is 1. The number of hydrogen-bond acceptors (Lipinski definition) is 3. The van der Waals surface area contributed by atoms with Crippen molar-refractivity contribution in [3.63, 3.8) is 0 Å². The van der Waals surface area contributed by atoms with E-state index in [4.69, 9.17) is 0 Å². The molecule has 1 saturated heterocycles. The molecule has 0 bridgehead atoms. The third-order valence-electron chi connectivity index (χ3n) is 7.63. The van der Waals surface area contributed by atoms with Gasteiger partial charge in [-0.1, -0.05) is 0 Å². The van der Waals surface area contributed by atoms with Crippen molar-refractivity contribution in [2.45, 2.75) is 46.7 Å². The summed E-state index contributed by atoms with van der Waals surface area (Å²) in [7, 11) is 2.20. The van der Waals surface area contributed by atoms with Crippen molar-refractivity contribution in [1.82, 2.24) is 20.2 Å². The maximum Gasteiger partial charge on any atom is 0.128 e. The molecule has 1 fully saturated rings. The zero-order chi connectivity index (χ0) is 22.0. The standard InChI is InChI=1S/C26H32N4O/c1-13-7-18-19(9-27-21(18)8-14(13)2)23-11-28-22(12-30(23)6)20-10-29-25-16(4)15(3)17(5)26(31)24(20)25/h7-10,22-23,27-29,31H,11-12H2,1-6H3. The van der Waals surface area contributed by atoms with Crippen LogP contribution in [0, 0.1) is 34.6 Å². The van der Waals surface area contributed by atoms with E-state index >= 15 is 0 Å². The number of aromatic amines is 2. The first-order chi connectivity index (χ1) is 14.8. The summed E-state index contributed by atoms with van der Waals surface area (Å²) < 4.78 is 0. The molecular weight excluding hydrogens is 384 g/mol. The fourth-order valence-corrected chi connectivity index (χ4v) is 5.23. The zero-order valence-corrected chi connectivity index (χ0v) is 19.3. The summed E-state index contributed by atoms with van der Waals surface area (Å²) in [6.45, 7) is 12.3. The van der Waals surface area contributed by atoms with Crippen LogP contribution in [0.2, 0.25) is 0 Å². The molecular formula is C26H32N4O. The third kappa shape index (κ3) is 2.99. The fraction of sp³-hybridized carbons (Fsp3) is 0.385. The maximum atomic E-state index is 10.9. The van der Waals surface area contributed by atoms with Gasteiger partial charge in [-0.3, -0.25) is 4.90 Å². The molecule has 3 heterocycles. The van der Waals surface area contributed by atoms with E-state index < -0.39 is 0 Å². The Hall–Kier alpha value is -2.76. The quantitative estimate of drug-likeness (QED) is 0.362. The Morgan fingerprint density at radius 2 is 1.61 bits per heavy atom. The van der Waals surface area contributed by atoms with Gasteiger partial charge >= 0.3 is 0 Å². The number of hydrogen-bond donors (Lipinski definition) is 4. The van der Waals surface area contributed by atoms with Crippen molar-refractivity contribution in [2.75, 3.05) is 20.1 Å². The molecule has 31 heavy (non-hydrogen) atoms. The van der Waals surface area contributed by atoms with Crippen molar-refractivity contribution in [3.05, 3.63) is 63.5 Å². The Morgan fingerprint density at radius 1 is 0.903 bits per heavy atom. The largest absolute Gasteiger partial charge is 0.507 e. The van der Waals surface area contributed by atoms with Gasteiger partial charge in [0.05, 0.1) is 5.52 Å². The molecule has 0 aliphatic carbocycles. The van der Waals surface area contributed by atoms with Crippen molar-refractivity contribution in [1.29, 1.82) is 0 Å². The Balaban J connectivity index is 1.48. The maximum absolute atomic E-state index is 10.9. The number of piperazine rings is 1. The predicted octanol–water partition coefficient (Wildman–Crippen LogP) is 5.21. The smallest absolute Gasteiger partial charge is 0.128 e. The average molecular weight is 417 g/mol. The Kier molecular flexibility index (Phi) is 4.65. The minimum Gasteiger partial charge on any atom is -0.507 e. The highest BCUT2D eigenvalue weighted by molar-refractivity contribution is 5.94. The molecule has 4 N–H and O–H groups in total. The van der Waals surface area contributed by atoms with E-state index in [1.54, 1.807) is 0 Å². The SMILES string of the molecule is Cc1cc2[nH]cc(C3CNC(c4c[nH]c5c(C)c(C)c(C)c(O)c45)CN3C)c2cc1C. The first-order valence-corrected chi connectivity index (χ1v) is 11.1. The summed E-state index contributed by atoms with van der Waals surface area (Å²) in [5, 5.41) is 17.0. The predicted molar refractivity (Wildman–Crippen MR) is 128 cm³/mol. The monoisotopic (exact) mass is 416 g/mol. The van der Waals surface area contributed by atoms with Crippen LogP contribution in [-0.2, 0) is 0 Å². The lowest BCUT2D eigenvalue weighted by Gasteiger charge is -2.38. The molecule has 0 spiro atoms. The first-order valence-electron chi connectivity index (χ1n) is 11.1. The normalized spacial score (nSPS) is 20.2. The first kappa shape index (κ1) is 20.2. The van der Waals surface area contributed by atoms with Gasteiger partial charge in [0, 0.05) is 53.9 Å². The lowest BCUT2D eigenvalue weighted by molar-refractivity contribution is 0.166. The number of phenolic OH excluding ortho intramolecular Hbond substituents is 1. The Labute approximate surface area is 183 Å². The van der Waals surface area contributed by atoms with Crippen molar-refractivity contribution in [3.8, 4) is 5.75 Å². The van der Waals surface area contributed by atoms with Crippen LogP contribution in [0.25, 0.3) is 21.8 Å². The van der Waals surface area contributed by atoms with Gasteiger partial charge in [0.25, 0.3) is 0 Å². The second-order valence-corrected chi connectivity index (χ2v) is 9.36. The summed E-state index contributed by atoms with van der Waals surface area (Å²) >= 11 is 0. The van der Waals surface area contributed by atoms with Gasteiger partial charge in [-0.05, 0) is 92.7 Å². The number of aromatic hydroxyl groups is 1. The van der Waals surface area contributed by atoms with Crippen molar-refractivity contribution >= 4 is 21.8 Å². The van der Waals surface area contributed by atoms with Crippen LogP contribution in [0.5, 0.6) is 5.75 Å². The van der Waals surface area contributed by atoms with Gasteiger partial charge in [-0.15, -0.1) is 0 Å². The van der Waals surface area contributed by atoms with Crippen molar-refractivity contribution in [2.24, 2.45) is 0 Å². The van der Waals surface area contributed by atoms with Crippen LogP contribution in [0.3, 0.4) is 0 Å². The number of benzene rings is 2. The molecule has 2 aromatic heterocycles. The molecule has 2 aromatic carbocycles. The molecule has 5 rings (SSSR count). The van der Waals surface area contributed by atoms with Crippen LogP contribution < -0.4 is 5.32 Å². The number of aromatic nitrogens is 2. The van der Waals surface area contributed by atoms with Crippen LogP contribution in [0.4, 0.5) is 0 Å². The molecule has 162 valence electrons. The molecule has 1 aliphatic rings. The van der Waals surface area contributed by atoms with Crippen LogP contribution in [0.1, 0.15) is 51.0 Å². The van der Waals surface area contributed by atoms with Crippen LogP contribution in [0.15, 0.2) is 24.5 Å². The number of fused-ring (bicyclic) bond motifs is 2. The Bertz CT molecular complexity index is 1310. The van der Waals surface area contributed by atoms with Crippen molar-refractivity contribution < 1.29 is 5.11 Å². The summed E-state index contributed by atoms with van der Waals surface area (Å²) in [5.41, 5.74) is 10.7. The number of likely N-dealkylation sites (N-methyl/N-ethyl adjacent to an activating group) is 1. The second-order valence-electron chi connectivity index (χ2n) is 9.36. The highest BCUT2D eigenvalue weighted by Gasteiger charge is 2.31. The number of rotatable bonds is 2. The lowest BCUT2D eigenvalue weighted by Crippen LogP contribution is -2.45. The van der Waals surface area contributed by atoms with E-state index in [1.165, 1.54) is 33.2 Å². The van der Waals surface area contributed by atoms with E-state index in [9.17, 15) is 5.11 Å². The van der Waals surface area contributed by atoms with Gasteiger partial charge < -0.3 is 20.4 Å². The van der Waals surface area contributed by atoms with E-state index in [1.807, 2.05) is 6.92 Å². The highest BCUT2D eigenvalue weighted by Crippen LogP contribution is 2.40. The highest BCUT2D eigenvalue weighted by atomic mass is 16.3. The van der Waals surface area contributed by atoms with Crippen LogP contribution >= 0.6 is 0 Å². The number of nitrogens with zero attached hydrogens (tertiary/aromatic N) is 1. The van der Waals surface area contributed by atoms with E-state index in [0.29, 0.717) is 11.8 Å². The molecule has 5 nitrogen and oxygen atoms in total. The van der Waals surface area contributed by atoms with E-state index in [2.05, 4.69) is 79.5 Å². The molecule has 4 aromatic rings. The molecule has 5 heteroatoms. The molecule has 2 unspecified atom stereocenters. The van der Waals surface area contributed by atoms with Gasteiger partial charge in [-0.25, -0.2) is 0 Å². The minimum atomic E-state index is 0.164. The summed E-state index contributed by atoms with van der Waals surface area (Å²) in [6, 6.07) is 5.02. The molecule has 0 amide bonds. The summed E-state index contributed by atoms with van der Waals surface area (Å²) in [5.74, 6) is 0.406. The Morgan fingerprint density at radius 3 is 2.35 bits per heavy atom. The van der Waals surface area contributed by atoms with E-state index in [0.717, 1.165) is 40.7 Å². The molecule has 2 atom stereocenters. The summed E-state index contributed by atoms with van der Waals surface area (Å²) in [4.78, 5) is 9.33. The topological polar surface area (TPSA) is 67.1 Å². The number of H-pyrrole nitrogens is 2. The van der Waals surface area contributed by atoms with Gasteiger partial charge in [0.15, 0.2) is 0 Å².